The topological polar surface area (TPSA) is 82.5 Å². The number of benzene rings is 1. The number of nitrogens with zero attached hydrogens (tertiary/aromatic N) is 1. The molecule has 9 heteroatoms. The van der Waals surface area contributed by atoms with Gasteiger partial charge in [0.25, 0.3) is 5.91 Å². The third-order valence-electron chi connectivity index (χ3n) is 4.30. The van der Waals surface area contributed by atoms with Crippen molar-refractivity contribution < 1.29 is 18.7 Å². The van der Waals surface area contributed by atoms with Gasteiger partial charge in [0, 0.05) is 18.7 Å². The van der Waals surface area contributed by atoms with E-state index >= 15 is 0 Å². The van der Waals surface area contributed by atoms with Gasteiger partial charge in [-0.2, -0.15) is 0 Å². The first-order chi connectivity index (χ1) is 13.5. The van der Waals surface area contributed by atoms with Crippen LogP contribution in [0.4, 0.5) is 4.39 Å². The number of thiophene rings is 1. The molecular formula is C19H19ClFN3O3S. The van der Waals surface area contributed by atoms with Crippen LogP contribution < -0.4 is 5.32 Å². The molecule has 2 heterocycles. The van der Waals surface area contributed by atoms with E-state index in [1.54, 1.807) is 18.2 Å². The second-order valence-electron chi connectivity index (χ2n) is 6.23. The summed E-state index contributed by atoms with van der Waals surface area (Å²) in [5, 5.41) is 10.7. The van der Waals surface area contributed by atoms with Crippen molar-refractivity contribution in [2.45, 2.75) is 12.8 Å². The number of carbonyl (C=O) groups is 2. The van der Waals surface area contributed by atoms with Crippen molar-refractivity contribution in [2.24, 2.45) is 0 Å². The third kappa shape index (κ3) is 4.88. The van der Waals surface area contributed by atoms with Gasteiger partial charge in [-0.1, -0.05) is 17.7 Å². The minimum Gasteiger partial charge on any atom is -0.460 e. The van der Waals surface area contributed by atoms with Crippen LogP contribution in [0.3, 0.4) is 0 Å². The van der Waals surface area contributed by atoms with Crippen molar-refractivity contribution in [3.63, 3.8) is 0 Å². The Hall–Kier alpha value is -2.45. The average Bonchev–Trinajstić information content (AvgIpc) is 3.36. The fraction of sp³-hybridized carbons (Fsp3) is 0.316. The van der Waals surface area contributed by atoms with Crippen molar-refractivity contribution >= 4 is 40.6 Å². The Morgan fingerprint density at radius 3 is 2.64 bits per heavy atom. The lowest BCUT2D eigenvalue weighted by atomic mass is 10.1. The quantitative estimate of drug-likeness (QED) is 0.322. The molecule has 2 N–H and O–H groups in total. The molecule has 0 spiro atoms. The molecule has 0 radical (unpaired) electrons. The van der Waals surface area contributed by atoms with E-state index in [4.69, 9.17) is 21.7 Å². The predicted molar refractivity (Wildman–Crippen MR) is 106 cm³/mol. The van der Waals surface area contributed by atoms with Gasteiger partial charge in [0.15, 0.2) is 0 Å². The summed E-state index contributed by atoms with van der Waals surface area (Å²) in [5.74, 6) is -1.61. The highest BCUT2D eigenvalue weighted by Gasteiger charge is 2.19. The molecule has 0 saturated carbocycles. The number of rotatable bonds is 6. The van der Waals surface area contributed by atoms with Crippen molar-refractivity contribution in [3.8, 4) is 0 Å². The Kier molecular flexibility index (Phi) is 6.64. The van der Waals surface area contributed by atoms with Crippen LogP contribution in [0.2, 0.25) is 4.34 Å². The number of ether oxygens (including phenoxy) is 1. The first-order valence-corrected chi connectivity index (χ1v) is 9.99. The van der Waals surface area contributed by atoms with Crippen molar-refractivity contribution in [3.05, 3.63) is 56.5 Å². The van der Waals surface area contributed by atoms with E-state index in [9.17, 15) is 14.0 Å². The molecule has 0 unspecified atom stereocenters. The Bertz CT molecular complexity index is 896. The SMILES string of the molecule is N=C(c1ccc(C(=O)OCCNC(=O)c2ccc(Cl)s2)c(F)c1)N1CCCC1. The van der Waals surface area contributed by atoms with Crippen molar-refractivity contribution in [1.82, 2.24) is 10.2 Å². The van der Waals surface area contributed by atoms with Crippen LogP contribution in [-0.2, 0) is 4.74 Å². The van der Waals surface area contributed by atoms with E-state index in [2.05, 4.69) is 5.32 Å². The number of amidine groups is 1. The van der Waals surface area contributed by atoms with Crippen LogP contribution in [0.25, 0.3) is 0 Å². The molecule has 28 heavy (non-hydrogen) atoms. The van der Waals surface area contributed by atoms with E-state index < -0.39 is 11.8 Å². The van der Waals surface area contributed by atoms with Crippen LogP contribution in [0.5, 0.6) is 0 Å². The summed E-state index contributed by atoms with van der Waals surface area (Å²) < 4.78 is 19.8. The molecule has 1 aliphatic heterocycles. The zero-order valence-corrected chi connectivity index (χ0v) is 16.5. The maximum Gasteiger partial charge on any atom is 0.341 e. The number of esters is 1. The van der Waals surface area contributed by atoms with Crippen LogP contribution >= 0.6 is 22.9 Å². The Morgan fingerprint density at radius 1 is 1.25 bits per heavy atom. The molecule has 1 aromatic carbocycles. The summed E-state index contributed by atoms with van der Waals surface area (Å²) in [7, 11) is 0. The summed E-state index contributed by atoms with van der Waals surface area (Å²) >= 11 is 6.92. The summed E-state index contributed by atoms with van der Waals surface area (Å²) in [5.41, 5.74) is 0.229. The number of carbonyl (C=O) groups excluding carboxylic acids is 2. The first kappa shape index (κ1) is 20.3. The summed E-state index contributed by atoms with van der Waals surface area (Å²) in [6.07, 6.45) is 2.04. The van der Waals surface area contributed by atoms with Gasteiger partial charge in [-0.25, -0.2) is 9.18 Å². The smallest absolute Gasteiger partial charge is 0.341 e. The maximum absolute atomic E-state index is 14.3. The molecular weight excluding hydrogens is 405 g/mol. The van der Waals surface area contributed by atoms with Crippen molar-refractivity contribution in [2.75, 3.05) is 26.2 Å². The molecule has 2 aromatic rings. The van der Waals surface area contributed by atoms with E-state index in [0.29, 0.717) is 14.8 Å². The van der Waals surface area contributed by atoms with Crippen LogP contribution in [-0.4, -0.2) is 48.9 Å². The number of hydrogen-bond donors (Lipinski definition) is 2. The lowest BCUT2D eigenvalue weighted by Crippen LogP contribution is -2.28. The molecule has 0 bridgehead atoms. The van der Waals surface area contributed by atoms with E-state index in [1.165, 1.54) is 12.1 Å². The highest BCUT2D eigenvalue weighted by atomic mass is 35.5. The number of hydrogen-bond acceptors (Lipinski definition) is 5. The van der Waals surface area contributed by atoms with Crippen LogP contribution in [0, 0.1) is 11.2 Å². The second kappa shape index (κ2) is 9.16. The average molecular weight is 424 g/mol. The largest absolute Gasteiger partial charge is 0.460 e. The van der Waals surface area contributed by atoms with Crippen molar-refractivity contribution in [1.29, 1.82) is 5.41 Å². The molecule has 1 fully saturated rings. The summed E-state index contributed by atoms with van der Waals surface area (Å²) in [4.78, 5) is 26.3. The molecule has 1 amide bonds. The predicted octanol–water partition coefficient (Wildman–Crippen LogP) is 3.55. The highest BCUT2D eigenvalue weighted by Crippen LogP contribution is 2.21. The molecule has 148 valence electrons. The van der Waals surface area contributed by atoms with Crippen LogP contribution in [0.15, 0.2) is 30.3 Å². The monoisotopic (exact) mass is 423 g/mol. The van der Waals surface area contributed by atoms with E-state index in [0.717, 1.165) is 37.3 Å². The Balaban J connectivity index is 1.50. The zero-order chi connectivity index (χ0) is 20.1. The van der Waals surface area contributed by atoms with Gasteiger partial charge in [0.05, 0.1) is 21.3 Å². The minimum atomic E-state index is -0.815. The summed E-state index contributed by atoms with van der Waals surface area (Å²) in [6, 6.07) is 7.27. The lowest BCUT2D eigenvalue weighted by molar-refractivity contribution is 0.0498. The van der Waals surface area contributed by atoms with E-state index in [1.807, 2.05) is 4.90 Å². The molecule has 6 nitrogen and oxygen atoms in total. The summed E-state index contributed by atoms with van der Waals surface area (Å²) in [6.45, 7) is 1.58. The second-order valence-corrected chi connectivity index (χ2v) is 7.95. The lowest BCUT2D eigenvalue weighted by Gasteiger charge is -2.18. The van der Waals surface area contributed by atoms with E-state index in [-0.39, 0.29) is 30.5 Å². The van der Waals surface area contributed by atoms with Gasteiger partial charge in [0.2, 0.25) is 0 Å². The third-order valence-corrected chi connectivity index (χ3v) is 5.53. The molecule has 1 aliphatic rings. The minimum absolute atomic E-state index is 0.0888. The fourth-order valence-corrected chi connectivity index (χ4v) is 3.82. The van der Waals surface area contributed by atoms with Gasteiger partial charge < -0.3 is 15.0 Å². The molecule has 0 aliphatic carbocycles. The van der Waals surface area contributed by atoms with Gasteiger partial charge >= 0.3 is 5.97 Å². The Labute approximate surface area is 170 Å². The van der Waals surface area contributed by atoms with Gasteiger partial charge in [-0.05, 0) is 37.1 Å². The molecule has 1 saturated heterocycles. The molecule has 0 atom stereocenters. The van der Waals surface area contributed by atoms with Crippen LogP contribution in [0.1, 0.15) is 38.4 Å². The highest BCUT2D eigenvalue weighted by molar-refractivity contribution is 7.17. The number of halogens is 2. The molecule has 1 aromatic heterocycles. The number of likely N-dealkylation sites (tertiary alicyclic amines) is 1. The fourth-order valence-electron chi connectivity index (χ4n) is 2.86. The van der Waals surface area contributed by atoms with Gasteiger partial charge in [-0.3, -0.25) is 10.2 Å². The first-order valence-electron chi connectivity index (χ1n) is 8.80. The maximum atomic E-state index is 14.3. The standard InChI is InChI=1S/C19H19ClFN3O3S/c20-16-6-5-15(28-16)18(25)23-7-10-27-19(26)13-4-3-12(11-14(13)21)17(22)24-8-1-2-9-24/h3-6,11,22H,1-2,7-10H2,(H,23,25). The van der Waals surface area contributed by atoms with Gasteiger partial charge in [-0.15, -0.1) is 11.3 Å². The Morgan fingerprint density at radius 2 is 2.00 bits per heavy atom. The zero-order valence-electron chi connectivity index (χ0n) is 15.0. The number of amides is 1. The number of nitrogens with one attached hydrogen (secondary N) is 2. The normalized spacial score (nSPS) is 13.4. The van der Waals surface area contributed by atoms with Gasteiger partial charge in [0.1, 0.15) is 18.3 Å². The molecule has 3 rings (SSSR count).